The van der Waals surface area contributed by atoms with E-state index in [0.29, 0.717) is 24.3 Å². The van der Waals surface area contributed by atoms with Gasteiger partial charge < -0.3 is 4.74 Å². The number of rotatable bonds is 1. The summed E-state index contributed by atoms with van der Waals surface area (Å²) in [6.07, 6.45) is 0.584. The van der Waals surface area contributed by atoms with Gasteiger partial charge in [-0.1, -0.05) is 18.2 Å². The maximum Gasteiger partial charge on any atom is 0.324 e. The van der Waals surface area contributed by atoms with E-state index >= 15 is 0 Å². The Bertz CT molecular complexity index is 630. The number of carbonyl (C=O) groups is 1. The van der Waals surface area contributed by atoms with Crippen LogP contribution in [0.15, 0.2) is 24.3 Å². The molecule has 3 rings (SSSR count). The van der Waals surface area contributed by atoms with Crippen LogP contribution in [-0.2, 0) is 19.6 Å². The molecule has 2 aliphatic heterocycles. The topological polar surface area (TPSA) is 63.7 Å². The molecule has 7 heteroatoms. The van der Waals surface area contributed by atoms with E-state index in [2.05, 4.69) is 0 Å². The maximum atomic E-state index is 11.6. The molecule has 1 amide bonds. The lowest BCUT2D eigenvalue weighted by Crippen LogP contribution is -2.63. The van der Waals surface area contributed by atoms with E-state index in [1.807, 2.05) is 0 Å². The molecule has 0 radical (unpaired) electrons. The standard InChI is InChI=1S/C11H10ClNO4S/c12-18(15,16)13-10(14)7-11(13)5-6-17-9-4-2-1-3-8(9)11/h1-4H,5-7H2. The Morgan fingerprint density at radius 1 is 1.33 bits per heavy atom. The second-order valence-corrected chi connectivity index (χ2v) is 6.76. The van der Waals surface area contributed by atoms with Crippen LogP contribution in [0.4, 0.5) is 0 Å². The smallest absolute Gasteiger partial charge is 0.324 e. The van der Waals surface area contributed by atoms with E-state index < -0.39 is 20.7 Å². The molecule has 18 heavy (non-hydrogen) atoms. The number of ether oxygens (including phenoxy) is 1. The third kappa shape index (κ3) is 1.45. The Morgan fingerprint density at radius 3 is 2.72 bits per heavy atom. The molecule has 0 N–H and O–H groups in total. The van der Waals surface area contributed by atoms with Crippen LogP contribution in [0.3, 0.4) is 0 Å². The Morgan fingerprint density at radius 2 is 2.06 bits per heavy atom. The van der Waals surface area contributed by atoms with Crippen molar-refractivity contribution in [2.24, 2.45) is 0 Å². The second-order valence-electron chi connectivity index (χ2n) is 4.40. The zero-order valence-corrected chi connectivity index (χ0v) is 10.9. The minimum atomic E-state index is -4.07. The van der Waals surface area contributed by atoms with Gasteiger partial charge in [0.2, 0.25) is 5.91 Å². The number of hydrogen-bond donors (Lipinski definition) is 0. The molecule has 5 nitrogen and oxygen atoms in total. The quantitative estimate of drug-likeness (QED) is 0.578. The van der Waals surface area contributed by atoms with Crippen molar-refractivity contribution in [1.29, 1.82) is 0 Å². The molecule has 1 spiro atoms. The summed E-state index contributed by atoms with van der Waals surface area (Å²) in [5.74, 6) is 0.142. The summed E-state index contributed by atoms with van der Waals surface area (Å²) in [7, 11) is 1.29. The minimum absolute atomic E-state index is 0.152. The number of fused-ring (bicyclic) bond motifs is 2. The van der Waals surface area contributed by atoms with Crippen molar-refractivity contribution < 1.29 is 17.9 Å². The molecular weight excluding hydrogens is 278 g/mol. The SMILES string of the molecule is O=C1CC2(CCOc3ccccc32)N1S(=O)(=O)Cl. The van der Waals surface area contributed by atoms with Gasteiger partial charge in [0, 0.05) is 22.7 Å². The van der Waals surface area contributed by atoms with Crippen molar-refractivity contribution in [2.45, 2.75) is 18.4 Å². The maximum absolute atomic E-state index is 11.6. The van der Waals surface area contributed by atoms with Crippen LogP contribution in [0.5, 0.6) is 5.75 Å². The molecule has 1 saturated heterocycles. The van der Waals surface area contributed by atoms with Crippen LogP contribution in [-0.4, -0.2) is 25.2 Å². The van der Waals surface area contributed by atoms with Gasteiger partial charge in [-0.25, -0.2) is 4.31 Å². The Hall–Kier alpha value is -1.27. The van der Waals surface area contributed by atoms with Gasteiger partial charge in [0.25, 0.3) is 0 Å². The zero-order valence-electron chi connectivity index (χ0n) is 9.30. The van der Waals surface area contributed by atoms with E-state index in [4.69, 9.17) is 15.4 Å². The molecule has 1 unspecified atom stereocenters. The van der Waals surface area contributed by atoms with Crippen LogP contribution in [0.25, 0.3) is 0 Å². The second kappa shape index (κ2) is 3.61. The highest BCUT2D eigenvalue weighted by Crippen LogP contribution is 2.51. The number of carbonyl (C=O) groups excluding carboxylic acids is 1. The Balaban J connectivity index is 2.16. The molecule has 0 bridgehead atoms. The number of halogens is 1. The first-order valence-electron chi connectivity index (χ1n) is 5.45. The molecule has 0 aliphatic carbocycles. The van der Waals surface area contributed by atoms with E-state index in [-0.39, 0.29) is 6.42 Å². The summed E-state index contributed by atoms with van der Waals surface area (Å²) in [5.41, 5.74) is -0.146. The lowest BCUT2D eigenvalue weighted by Gasteiger charge is -2.51. The van der Waals surface area contributed by atoms with Crippen LogP contribution in [0.1, 0.15) is 18.4 Å². The third-order valence-electron chi connectivity index (χ3n) is 3.44. The Kier molecular flexibility index (Phi) is 2.37. The van der Waals surface area contributed by atoms with Gasteiger partial charge in [0.05, 0.1) is 13.0 Å². The fraction of sp³-hybridized carbons (Fsp3) is 0.364. The predicted molar refractivity (Wildman–Crippen MR) is 64.5 cm³/mol. The van der Waals surface area contributed by atoms with Crippen molar-refractivity contribution in [3.05, 3.63) is 29.8 Å². The number of hydrogen-bond acceptors (Lipinski definition) is 4. The van der Waals surface area contributed by atoms with Gasteiger partial charge >= 0.3 is 9.24 Å². The molecule has 1 fully saturated rings. The molecule has 1 atom stereocenters. The third-order valence-corrected chi connectivity index (χ3v) is 4.84. The predicted octanol–water partition coefficient (Wildman–Crippen LogP) is 1.38. The number of β-lactam (4-membered cyclic amide) rings is 1. The van der Waals surface area contributed by atoms with Gasteiger partial charge in [-0.3, -0.25) is 4.79 Å². The summed E-state index contributed by atoms with van der Waals surface area (Å²) in [4.78, 5) is 11.6. The molecule has 2 aliphatic rings. The van der Waals surface area contributed by atoms with Crippen molar-refractivity contribution in [2.75, 3.05) is 6.61 Å². The summed E-state index contributed by atoms with van der Waals surface area (Å²) in [6, 6.07) is 7.13. The zero-order chi connectivity index (χ0) is 13.0. The lowest BCUT2D eigenvalue weighted by atomic mass is 9.76. The number of para-hydroxylation sites is 1. The van der Waals surface area contributed by atoms with Gasteiger partial charge in [0.15, 0.2) is 0 Å². The van der Waals surface area contributed by atoms with E-state index in [9.17, 15) is 13.2 Å². The summed E-state index contributed by atoms with van der Waals surface area (Å²) >= 11 is 0. The molecule has 1 aromatic rings. The monoisotopic (exact) mass is 287 g/mol. The van der Waals surface area contributed by atoms with Gasteiger partial charge in [-0.2, -0.15) is 8.42 Å². The summed E-state index contributed by atoms with van der Waals surface area (Å²) in [5, 5.41) is 0. The highest BCUT2D eigenvalue weighted by molar-refractivity contribution is 8.12. The normalized spacial score (nSPS) is 26.5. The van der Waals surface area contributed by atoms with Crippen molar-refractivity contribution in [3.63, 3.8) is 0 Å². The van der Waals surface area contributed by atoms with Crippen molar-refractivity contribution in [1.82, 2.24) is 4.31 Å². The Labute approximate surface area is 109 Å². The molecular formula is C11H10ClNO4S. The van der Waals surface area contributed by atoms with Gasteiger partial charge in [-0.15, -0.1) is 0 Å². The van der Waals surface area contributed by atoms with Gasteiger partial charge in [0.1, 0.15) is 11.3 Å². The molecule has 1 aromatic carbocycles. The largest absolute Gasteiger partial charge is 0.493 e. The molecule has 0 aromatic heterocycles. The lowest BCUT2D eigenvalue weighted by molar-refractivity contribution is -0.148. The molecule has 96 valence electrons. The number of benzene rings is 1. The highest BCUT2D eigenvalue weighted by Gasteiger charge is 2.59. The first-order chi connectivity index (χ1) is 8.45. The summed E-state index contributed by atoms with van der Waals surface area (Å²) < 4.78 is 29.3. The minimum Gasteiger partial charge on any atom is -0.493 e. The molecule has 0 saturated carbocycles. The first-order valence-corrected chi connectivity index (χ1v) is 7.72. The fourth-order valence-electron chi connectivity index (χ4n) is 2.71. The van der Waals surface area contributed by atoms with E-state index in [1.165, 1.54) is 0 Å². The van der Waals surface area contributed by atoms with E-state index in [0.717, 1.165) is 4.31 Å². The highest BCUT2D eigenvalue weighted by atomic mass is 35.7. The van der Waals surface area contributed by atoms with Crippen LogP contribution >= 0.6 is 10.7 Å². The van der Waals surface area contributed by atoms with Crippen LogP contribution in [0.2, 0.25) is 0 Å². The fourth-order valence-corrected chi connectivity index (χ4v) is 4.31. The van der Waals surface area contributed by atoms with Crippen LogP contribution < -0.4 is 4.74 Å². The average Bonchev–Trinajstić information content (AvgIpc) is 2.26. The molecule has 2 heterocycles. The van der Waals surface area contributed by atoms with Crippen molar-refractivity contribution >= 4 is 25.8 Å². The number of amides is 1. The van der Waals surface area contributed by atoms with E-state index in [1.54, 1.807) is 24.3 Å². The van der Waals surface area contributed by atoms with Crippen LogP contribution in [0, 0.1) is 0 Å². The van der Waals surface area contributed by atoms with Crippen molar-refractivity contribution in [3.8, 4) is 5.75 Å². The number of nitrogens with zero attached hydrogens (tertiary/aromatic N) is 1. The average molecular weight is 288 g/mol. The van der Waals surface area contributed by atoms with Gasteiger partial charge in [-0.05, 0) is 6.07 Å². The summed E-state index contributed by atoms with van der Waals surface area (Å²) in [6.45, 7) is 0.368. The first kappa shape index (κ1) is 11.8.